The summed E-state index contributed by atoms with van der Waals surface area (Å²) in [4.78, 5) is 0. The molecule has 4 saturated carbocycles. The molecule has 5 fully saturated rings. The molecule has 6 nitrogen and oxygen atoms in total. The molecule has 0 aromatic carbocycles. The quantitative estimate of drug-likeness (QED) is 0.494. The van der Waals surface area contributed by atoms with Crippen molar-refractivity contribution in [3.05, 3.63) is 12.7 Å². The van der Waals surface area contributed by atoms with Crippen LogP contribution in [0.5, 0.6) is 0 Å². The highest BCUT2D eigenvalue weighted by Gasteiger charge is 2.62. The molecule has 32 heavy (non-hydrogen) atoms. The topological polar surface area (TPSA) is 99.4 Å². The van der Waals surface area contributed by atoms with E-state index in [0.717, 1.165) is 31.1 Å². The van der Waals surface area contributed by atoms with Gasteiger partial charge in [0, 0.05) is 0 Å². The van der Waals surface area contributed by atoms with Crippen LogP contribution in [-0.4, -0.2) is 63.8 Å². The molecule has 1 saturated heterocycles. The summed E-state index contributed by atoms with van der Waals surface area (Å²) in [6.07, 6.45) is 5.34. The van der Waals surface area contributed by atoms with Gasteiger partial charge < -0.3 is 29.9 Å². The number of aliphatic hydroxyl groups is 4. The van der Waals surface area contributed by atoms with Crippen molar-refractivity contribution in [2.75, 3.05) is 6.61 Å². The molecule has 5 rings (SSSR count). The third-order valence-electron chi connectivity index (χ3n) is 10.8. The van der Waals surface area contributed by atoms with Gasteiger partial charge in [-0.1, -0.05) is 19.9 Å². The normalized spacial score (nSPS) is 57.9. The maximum atomic E-state index is 10.9. The van der Waals surface area contributed by atoms with E-state index in [-0.39, 0.29) is 17.9 Å². The van der Waals surface area contributed by atoms with Crippen molar-refractivity contribution in [3.63, 3.8) is 0 Å². The van der Waals surface area contributed by atoms with Gasteiger partial charge in [-0.15, -0.1) is 6.58 Å². The van der Waals surface area contributed by atoms with E-state index in [4.69, 9.17) is 9.47 Å². The van der Waals surface area contributed by atoms with Crippen LogP contribution in [0.2, 0.25) is 0 Å². The molecule has 4 unspecified atom stereocenters. The Kier molecular flexibility index (Phi) is 6.04. The van der Waals surface area contributed by atoms with Crippen molar-refractivity contribution in [2.45, 2.75) is 102 Å². The Morgan fingerprint density at radius 1 is 0.812 bits per heavy atom. The van der Waals surface area contributed by atoms with Crippen LogP contribution in [0.15, 0.2) is 12.7 Å². The molecule has 0 bridgehead atoms. The van der Waals surface area contributed by atoms with Crippen LogP contribution in [0, 0.1) is 40.4 Å². The molecule has 1 heterocycles. The molecule has 13 atom stereocenters. The van der Waals surface area contributed by atoms with E-state index >= 15 is 0 Å². The Hall–Kier alpha value is -0.500. The summed E-state index contributed by atoms with van der Waals surface area (Å²) in [5.74, 6) is 2.95. The zero-order chi connectivity index (χ0) is 22.8. The van der Waals surface area contributed by atoms with Crippen molar-refractivity contribution >= 4 is 0 Å². The number of ether oxygens (including phenoxy) is 2. The van der Waals surface area contributed by atoms with Crippen LogP contribution < -0.4 is 0 Å². The molecule has 0 aromatic rings. The molecule has 5 aliphatic rings. The molecule has 182 valence electrons. The average molecular weight is 451 g/mol. The van der Waals surface area contributed by atoms with Crippen LogP contribution in [0.3, 0.4) is 0 Å². The lowest BCUT2D eigenvalue weighted by Gasteiger charge is -2.62. The molecule has 0 spiro atoms. The maximum Gasteiger partial charge on any atom is 0.186 e. The monoisotopic (exact) mass is 450 g/mol. The van der Waals surface area contributed by atoms with Gasteiger partial charge in [-0.25, -0.2) is 0 Å². The van der Waals surface area contributed by atoms with Crippen LogP contribution in [0.4, 0.5) is 0 Å². The summed E-state index contributed by atoms with van der Waals surface area (Å²) in [5, 5.41) is 41.2. The standard InChI is InChI=1S/C26H42O6/c1-4-14-5-7-16-15-6-8-18-23(32-24-22(30)21(29)20(28)13-31-24)19(27)10-12-26(18,3)17(15)9-11-25(14,16)2/h4,14-24,27-30H,1,5-13H2,2-3H3/t14-,15-,16?,17?,18-,19-,20+,21?,22?,23-,24-,25+,26+/m0/s1. The van der Waals surface area contributed by atoms with E-state index in [9.17, 15) is 20.4 Å². The molecule has 0 aromatic heterocycles. The summed E-state index contributed by atoms with van der Waals surface area (Å²) in [6, 6.07) is 0. The second-order valence-electron chi connectivity index (χ2n) is 12.0. The fourth-order valence-corrected chi connectivity index (χ4v) is 8.95. The first-order valence-corrected chi connectivity index (χ1v) is 12.8. The van der Waals surface area contributed by atoms with Crippen LogP contribution in [0.25, 0.3) is 0 Å². The third-order valence-corrected chi connectivity index (χ3v) is 10.8. The van der Waals surface area contributed by atoms with E-state index in [0.29, 0.717) is 23.7 Å². The number of rotatable bonds is 3. The zero-order valence-corrected chi connectivity index (χ0v) is 19.6. The molecule has 4 aliphatic carbocycles. The minimum absolute atomic E-state index is 0.0803. The highest BCUT2D eigenvalue weighted by molar-refractivity contribution is 5.12. The molecule has 0 amide bonds. The van der Waals surface area contributed by atoms with E-state index in [2.05, 4.69) is 26.5 Å². The van der Waals surface area contributed by atoms with Gasteiger partial charge in [-0.05, 0) is 91.8 Å². The lowest BCUT2D eigenvalue weighted by Crippen LogP contribution is -2.61. The number of hydrogen-bond acceptors (Lipinski definition) is 6. The van der Waals surface area contributed by atoms with E-state index in [1.165, 1.54) is 25.7 Å². The Bertz CT molecular complexity index is 714. The van der Waals surface area contributed by atoms with Gasteiger partial charge in [0.15, 0.2) is 6.29 Å². The maximum absolute atomic E-state index is 10.9. The lowest BCUT2D eigenvalue weighted by molar-refractivity contribution is -0.310. The molecule has 1 aliphatic heterocycles. The van der Waals surface area contributed by atoms with Crippen LogP contribution in [-0.2, 0) is 9.47 Å². The van der Waals surface area contributed by atoms with Crippen LogP contribution >= 0.6 is 0 Å². The van der Waals surface area contributed by atoms with Gasteiger partial charge in [0.05, 0.1) is 18.8 Å². The van der Waals surface area contributed by atoms with Crippen molar-refractivity contribution in [3.8, 4) is 0 Å². The van der Waals surface area contributed by atoms with E-state index in [1.807, 2.05) is 0 Å². The van der Waals surface area contributed by atoms with Gasteiger partial charge in [0.2, 0.25) is 0 Å². The van der Waals surface area contributed by atoms with E-state index < -0.39 is 36.8 Å². The molecular weight excluding hydrogens is 408 g/mol. The van der Waals surface area contributed by atoms with E-state index in [1.54, 1.807) is 0 Å². The predicted molar refractivity (Wildman–Crippen MR) is 119 cm³/mol. The molecular formula is C26H42O6. The third kappa shape index (κ3) is 3.36. The minimum atomic E-state index is -1.32. The first-order chi connectivity index (χ1) is 15.2. The van der Waals surface area contributed by atoms with Gasteiger partial charge in [-0.2, -0.15) is 0 Å². The van der Waals surface area contributed by atoms with Crippen LogP contribution in [0.1, 0.15) is 65.2 Å². The fraction of sp³-hybridized carbons (Fsp3) is 0.923. The van der Waals surface area contributed by atoms with Crippen molar-refractivity contribution < 1.29 is 29.9 Å². The second-order valence-corrected chi connectivity index (χ2v) is 12.0. The Balaban J connectivity index is 1.36. The molecule has 0 radical (unpaired) electrons. The summed E-state index contributed by atoms with van der Waals surface area (Å²) in [5.41, 5.74) is 0.478. The predicted octanol–water partition coefficient (Wildman–Crippen LogP) is 2.63. The number of fused-ring (bicyclic) bond motifs is 5. The number of hydrogen-bond donors (Lipinski definition) is 4. The molecule has 4 N–H and O–H groups in total. The summed E-state index contributed by atoms with van der Waals surface area (Å²) in [7, 11) is 0. The first kappa shape index (κ1) is 23.3. The highest BCUT2D eigenvalue weighted by Crippen LogP contribution is 2.67. The lowest BCUT2D eigenvalue weighted by atomic mass is 9.44. The fourth-order valence-electron chi connectivity index (χ4n) is 8.95. The van der Waals surface area contributed by atoms with Gasteiger partial charge >= 0.3 is 0 Å². The van der Waals surface area contributed by atoms with Gasteiger partial charge in [0.1, 0.15) is 18.3 Å². The minimum Gasteiger partial charge on any atom is -0.390 e. The summed E-state index contributed by atoms with van der Waals surface area (Å²) < 4.78 is 11.8. The van der Waals surface area contributed by atoms with Gasteiger partial charge in [-0.3, -0.25) is 0 Å². The van der Waals surface area contributed by atoms with Gasteiger partial charge in [0.25, 0.3) is 0 Å². The van der Waals surface area contributed by atoms with Crippen molar-refractivity contribution in [2.24, 2.45) is 40.4 Å². The highest BCUT2D eigenvalue weighted by atomic mass is 16.7. The Labute approximate surface area is 192 Å². The number of aliphatic hydroxyl groups excluding tert-OH is 4. The molecule has 6 heteroatoms. The Morgan fingerprint density at radius 3 is 2.25 bits per heavy atom. The second kappa shape index (κ2) is 8.31. The zero-order valence-electron chi connectivity index (χ0n) is 19.6. The summed E-state index contributed by atoms with van der Waals surface area (Å²) in [6.45, 7) is 8.97. The SMILES string of the molecule is C=C[C@H]1CCC2[C@@H]3CC[C@H]4[C@H](O[C@@H]5OC[C@@H](O)C(O)C5O)[C@@H](O)CC[C@]4(C)C3CC[C@@]21C. The smallest absolute Gasteiger partial charge is 0.186 e. The Morgan fingerprint density at radius 2 is 1.50 bits per heavy atom. The van der Waals surface area contributed by atoms with Crippen molar-refractivity contribution in [1.29, 1.82) is 0 Å². The number of allylic oxidation sites excluding steroid dienone is 1. The van der Waals surface area contributed by atoms with Crippen molar-refractivity contribution in [1.82, 2.24) is 0 Å². The largest absolute Gasteiger partial charge is 0.390 e. The average Bonchev–Trinajstić information content (AvgIpc) is 3.12. The summed E-state index contributed by atoms with van der Waals surface area (Å²) >= 11 is 0. The first-order valence-electron chi connectivity index (χ1n) is 12.8.